The Morgan fingerprint density at radius 1 is 1.19 bits per heavy atom. The van der Waals surface area contributed by atoms with E-state index in [4.69, 9.17) is 9.72 Å². The van der Waals surface area contributed by atoms with Gasteiger partial charge in [0.1, 0.15) is 16.8 Å². The van der Waals surface area contributed by atoms with Crippen LogP contribution in [0.4, 0.5) is 0 Å². The van der Waals surface area contributed by atoms with Gasteiger partial charge in [-0.05, 0) is 62.1 Å². The number of carbonyl (C=O) groups excluding carboxylic acids is 2. The minimum Gasteiger partial charge on any atom is -0.494 e. The molecule has 1 aromatic heterocycles. The molecular formula is C25H29N3O3S. The van der Waals surface area contributed by atoms with E-state index in [9.17, 15) is 9.59 Å². The Bertz CT molecular complexity index is 1060. The zero-order valence-electron chi connectivity index (χ0n) is 18.7. The Morgan fingerprint density at radius 2 is 1.94 bits per heavy atom. The predicted octanol–water partition coefficient (Wildman–Crippen LogP) is 4.81. The lowest BCUT2D eigenvalue weighted by Gasteiger charge is -2.30. The fourth-order valence-electron chi connectivity index (χ4n) is 4.11. The molecule has 7 heteroatoms. The summed E-state index contributed by atoms with van der Waals surface area (Å²) >= 11 is 1.65. The monoisotopic (exact) mass is 451 g/mol. The summed E-state index contributed by atoms with van der Waals surface area (Å²) in [6.07, 6.45) is 1.83. The number of carbonyl (C=O) groups is 2. The van der Waals surface area contributed by atoms with Gasteiger partial charge < -0.3 is 15.0 Å². The van der Waals surface area contributed by atoms with Crippen LogP contribution in [0.5, 0.6) is 5.75 Å². The van der Waals surface area contributed by atoms with Crippen LogP contribution in [0.3, 0.4) is 0 Å². The number of ether oxygens (including phenoxy) is 1. The number of nitrogens with zero attached hydrogens (tertiary/aromatic N) is 2. The molecule has 6 nitrogen and oxygen atoms in total. The Morgan fingerprint density at radius 3 is 2.62 bits per heavy atom. The first-order valence-corrected chi connectivity index (χ1v) is 12.0. The number of fused-ring (bicyclic) bond motifs is 1. The minimum absolute atomic E-state index is 0.0363. The first-order chi connectivity index (χ1) is 15.5. The Labute approximate surface area is 192 Å². The summed E-state index contributed by atoms with van der Waals surface area (Å²) in [4.78, 5) is 33.1. The Hall–Kier alpha value is -2.93. The second-order valence-corrected chi connectivity index (χ2v) is 9.42. The molecule has 0 spiro atoms. The molecule has 1 aliphatic heterocycles. The second-order valence-electron chi connectivity index (χ2n) is 8.36. The second kappa shape index (κ2) is 9.69. The molecule has 1 saturated heterocycles. The zero-order valence-corrected chi connectivity index (χ0v) is 19.5. The average molecular weight is 452 g/mol. The van der Waals surface area contributed by atoms with Gasteiger partial charge in [-0.2, -0.15) is 0 Å². The fraction of sp³-hybridized carbons (Fsp3) is 0.400. The van der Waals surface area contributed by atoms with Gasteiger partial charge >= 0.3 is 0 Å². The van der Waals surface area contributed by atoms with E-state index in [-0.39, 0.29) is 23.8 Å². The van der Waals surface area contributed by atoms with Crippen LogP contribution in [-0.2, 0) is 4.79 Å². The molecule has 3 aromatic rings. The van der Waals surface area contributed by atoms with E-state index in [1.165, 1.54) is 0 Å². The van der Waals surface area contributed by atoms with E-state index in [1.807, 2.05) is 43.9 Å². The van der Waals surface area contributed by atoms with Crippen molar-refractivity contribution < 1.29 is 14.3 Å². The van der Waals surface area contributed by atoms with E-state index in [1.54, 1.807) is 35.6 Å². The van der Waals surface area contributed by atoms with Gasteiger partial charge in [-0.15, -0.1) is 11.3 Å². The van der Waals surface area contributed by atoms with Crippen LogP contribution >= 0.6 is 11.3 Å². The lowest BCUT2D eigenvalue weighted by atomic mass is 10.0. The van der Waals surface area contributed by atoms with Gasteiger partial charge in [-0.25, -0.2) is 4.98 Å². The third-order valence-electron chi connectivity index (χ3n) is 5.78. The van der Waals surface area contributed by atoms with Crippen LogP contribution in [0.2, 0.25) is 0 Å². The molecule has 2 unspecified atom stereocenters. The van der Waals surface area contributed by atoms with E-state index in [2.05, 4.69) is 11.4 Å². The Kier molecular flexibility index (Phi) is 6.74. The maximum absolute atomic E-state index is 13.6. The van der Waals surface area contributed by atoms with Crippen LogP contribution in [0.25, 0.3) is 10.2 Å². The normalized spacial score (nSPS) is 17.0. The number of likely N-dealkylation sites (tertiary alicyclic amines) is 1. The van der Waals surface area contributed by atoms with Crippen molar-refractivity contribution in [2.45, 2.75) is 45.7 Å². The third-order valence-corrected chi connectivity index (χ3v) is 6.92. The average Bonchev–Trinajstić information content (AvgIpc) is 3.44. The lowest BCUT2D eigenvalue weighted by Crippen LogP contribution is -2.51. The predicted molar refractivity (Wildman–Crippen MR) is 127 cm³/mol. The van der Waals surface area contributed by atoms with Crippen LogP contribution < -0.4 is 10.1 Å². The molecule has 0 radical (unpaired) electrons. The van der Waals surface area contributed by atoms with Gasteiger partial charge in [0.05, 0.1) is 22.9 Å². The lowest BCUT2D eigenvalue weighted by molar-refractivity contribution is -0.135. The highest BCUT2D eigenvalue weighted by Gasteiger charge is 2.37. The maximum atomic E-state index is 13.6. The summed E-state index contributed by atoms with van der Waals surface area (Å²) in [6.45, 7) is 7.09. The van der Waals surface area contributed by atoms with Gasteiger partial charge in [-0.3, -0.25) is 9.59 Å². The van der Waals surface area contributed by atoms with Crippen molar-refractivity contribution in [3.63, 3.8) is 0 Å². The number of rotatable bonds is 7. The largest absolute Gasteiger partial charge is 0.494 e. The smallest absolute Gasteiger partial charge is 0.251 e. The van der Waals surface area contributed by atoms with Crippen molar-refractivity contribution in [1.29, 1.82) is 0 Å². The maximum Gasteiger partial charge on any atom is 0.251 e. The van der Waals surface area contributed by atoms with Crippen molar-refractivity contribution in [2.75, 3.05) is 13.2 Å². The molecule has 168 valence electrons. The molecule has 1 N–H and O–H groups in total. The van der Waals surface area contributed by atoms with Gasteiger partial charge in [0.15, 0.2) is 0 Å². The van der Waals surface area contributed by atoms with Crippen molar-refractivity contribution in [3.05, 3.63) is 59.1 Å². The number of para-hydroxylation sites is 1. The zero-order chi connectivity index (χ0) is 22.7. The van der Waals surface area contributed by atoms with Gasteiger partial charge in [0.25, 0.3) is 5.91 Å². The third kappa shape index (κ3) is 4.63. The van der Waals surface area contributed by atoms with Crippen molar-refractivity contribution >= 4 is 33.4 Å². The molecule has 1 fully saturated rings. The minimum atomic E-state index is -0.593. The molecule has 0 saturated carbocycles. The summed E-state index contributed by atoms with van der Waals surface area (Å²) in [7, 11) is 0. The van der Waals surface area contributed by atoms with E-state index in [0.717, 1.165) is 33.8 Å². The SMILES string of the molecule is CCOc1ccc(C(=O)NC(C(=O)N2CCCC2c2nc3ccccc3s2)C(C)C)cc1. The number of hydrogen-bond donors (Lipinski definition) is 1. The summed E-state index contributed by atoms with van der Waals surface area (Å²) in [5.41, 5.74) is 1.48. The molecule has 2 atom stereocenters. The van der Waals surface area contributed by atoms with Gasteiger partial charge in [-0.1, -0.05) is 26.0 Å². The summed E-state index contributed by atoms with van der Waals surface area (Å²) in [5, 5.41) is 3.94. The van der Waals surface area contributed by atoms with Crippen LogP contribution in [0, 0.1) is 5.92 Å². The molecule has 32 heavy (non-hydrogen) atoms. The van der Waals surface area contributed by atoms with Crippen LogP contribution in [0.1, 0.15) is 55.0 Å². The molecule has 2 amide bonds. The summed E-state index contributed by atoms with van der Waals surface area (Å²) < 4.78 is 6.57. The molecule has 4 rings (SSSR count). The van der Waals surface area contributed by atoms with E-state index < -0.39 is 6.04 Å². The van der Waals surface area contributed by atoms with Crippen LogP contribution in [-0.4, -0.2) is 40.9 Å². The quantitative estimate of drug-likeness (QED) is 0.559. The highest BCUT2D eigenvalue weighted by atomic mass is 32.1. The number of thiazole rings is 1. The summed E-state index contributed by atoms with van der Waals surface area (Å²) in [5.74, 6) is 0.388. The number of amides is 2. The molecular weight excluding hydrogens is 422 g/mol. The molecule has 0 bridgehead atoms. The topological polar surface area (TPSA) is 71.5 Å². The van der Waals surface area contributed by atoms with E-state index >= 15 is 0 Å². The van der Waals surface area contributed by atoms with E-state index in [0.29, 0.717) is 18.7 Å². The van der Waals surface area contributed by atoms with Crippen molar-refractivity contribution in [3.8, 4) is 5.75 Å². The highest BCUT2D eigenvalue weighted by Crippen LogP contribution is 2.37. The fourth-order valence-corrected chi connectivity index (χ4v) is 5.22. The first-order valence-electron chi connectivity index (χ1n) is 11.2. The number of hydrogen-bond acceptors (Lipinski definition) is 5. The molecule has 2 aromatic carbocycles. The number of nitrogens with one attached hydrogen (secondary N) is 1. The van der Waals surface area contributed by atoms with Gasteiger partial charge in [0, 0.05) is 12.1 Å². The van der Waals surface area contributed by atoms with Gasteiger partial charge in [0.2, 0.25) is 5.91 Å². The highest BCUT2D eigenvalue weighted by molar-refractivity contribution is 7.18. The summed E-state index contributed by atoms with van der Waals surface area (Å²) in [6, 6.07) is 14.4. The van der Waals surface area contributed by atoms with Crippen LogP contribution in [0.15, 0.2) is 48.5 Å². The van der Waals surface area contributed by atoms with Crippen molar-refractivity contribution in [2.24, 2.45) is 5.92 Å². The first kappa shape index (κ1) is 22.3. The van der Waals surface area contributed by atoms with Crippen molar-refractivity contribution in [1.82, 2.24) is 15.2 Å². The number of aromatic nitrogens is 1. The molecule has 0 aliphatic carbocycles. The number of benzene rings is 2. The molecule has 2 heterocycles. The Balaban J connectivity index is 1.51. The standard InChI is InChI=1S/C25H29N3O3S/c1-4-31-18-13-11-17(12-14-18)23(29)27-22(16(2)3)25(30)28-15-7-9-20(28)24-26-19-8-5-6-10-21(19)32-24/h5-6,8,10-14,16,20,22H,4,7,9,15H2,1-3H3,(H,27,29). The molecule has 1 aliphatic rings.